The van der Waals surface area contributed by atoms with Gasteiger partial charge in [-0.2, -0.15) is 13.2 Å². The standard InChI is InChI=1S/C40H76F3NO9/c1-2-3-4-5-6-7-8-9-10-14-17-20-23-32(46)35(47)31(29-52-39-38(50)37(49)36(48)33(27-45)53-39)44-34(40(41,42)43)24-21-18-15-12-11-13-16-19-22-30-25-26-51-28-30/h30-39,44-50H,2-29H2,1H3/t30?,31-,32+,33?,34-,35-,36?,37?,38?,39?/m0/s1. The van der Waals surface area contributed by atoms with E-state index in [2.05, 4.69) is 12.2 Å². The number of aliphatic hydroxyl groups is 6. The molecule has 0 aliphatic carbocycles. The third kappa shape index (κ3) is 20.4. The van der Waals surface area contributed by atoms with Crippen molar-refractivity contribution >= 4 is 0 Å². The van der Waals surface area contributed by atoms with Crippen LogP contribution in [0.3, 0.4) is 0 Å². The van der Waals surface area contributed by atoms with Gasteiger partial charge in [0.15, 0.2) is 6.29 Å². The highest BCUT2D eigenvalue weighted by Crippen LogP contribution is 2.28. The molecule has 0 saturated carbocycles. The number of ether oxygens (including phenoxy) is 3. The zero-order valence-electron chi connectivity index (χ0n) is 32.6. The van der Waals surface area contributed by atoms with Crippen molar-refractivity contribution in [2.75, 3.05) is 26.4 Å². The Hall–Kier alpha value is -0.610. The summed E-state index contributed by atoms with van der Waals surface area (Å²) in [5.41, 5.74) is 0. The van der Waals surface area contributed by atoms with Gasteiger partial charge in [0.05, 0.1) is 31.5 Å². The number of hydrogen-bond acceptors (Lipinski definition) is 10. The first-order chi connectivity index (χ1) is 25.5. The van der Waals surface area contributed by atoms with Gasteiger partial charge in [-0.3, -0.25) is 5.32 Å². The third-order valence-electron chi connectivity index (χ3n) is 11.1. The number of aliphatic hydroxyl groups excluding tert-OH is 6. The van der Waals surface area contributed by atoms with Crippen molar-refractivity contribution in [3.63, 3.8) is 0 Å². The molecule has 0 aromatic carbocycles. The molecule has 2 saturated heterocycles. The highest BCUT2D eigenvalue weighted by atomic mass is 19.4. The highest BCUT2D eigenvalue weighted by molar-refractivity contribution is 4.91. The second-order valence-electron chi connectivity index (χ2n) is 15.8. The minimum absolute atomic E-state index is 0.197. The van der Waals surface area contributed by atoms with Gasteiger partial charge < -0.3 is 44.8 Å². The zero-order valence-corrected chi connectivity index (χ0v) is 32.6. The van der Waals surface area contributed by atoms with Gasteiger partial charge >= 0.3 is 6.18 Å². The van der Waals surface area contributed by atoms with Crippen molar-refractivity contribution in [1.29, 1.82) is 0 Å². The Balaban J connectivity index is 1.84. The van der Waals surface area contributed by atoms with E-state index in [9.17, 15) is 43.8 Å². The van der Waals surface area contributed by atoms with Gasteiger partial charge in [-0.15, -0.1) is 0 Å². The van der Waals surface area contributed by atoms with E-state index >= 15 is 0 Å². The van der Waals surface area contributed by atoms with Gasteiger partial charge in [-0.25, -0.2) is 0 Å². The van der Waals surface area contributed by atoms with Crippen LogP contribution in [-0.2, 0) is 14.2 Å². The molecule has 0 radical (unpaired) electrons. The summed E-state index contributed by atoms with van der Waals surface area (Å²) in [7, 11) is 0. The minimum Gasteiger partial charge on any atom is -0.394 e. The lowest BCUT2D eigenvalue weighted by atomic mass is 9.97. The molecule has 10 nitrogen and oxygen atoms in total. The summed E-state index contributed by atoms with van der Waals surface area (Å²) in [6.07, 6.45) is 7.59. The molecule has 6 unspecified atom stereocenters. The monoisotopic (exact) mass is 772 g/mol. The van der Waals surface area contributed by atoms with Crippen LogP contribution in [0.1, 0.15) is 161 Å². The van der Waals surface area contributed by atoms with Crippen LogP contribution in [-0.4, -0.2) is 118 Å². The number of unbranched alkanes of at least 4 members (excludes halogenated alkanes) is 18. The average Bonchev–Trinajstić information content (AvgIpc) is 3.66. The summed E-state index contributed by atoms with van der Waals surface area (Å²) in [6, 6.07) is -3.36. The van der Waals surface area contributed by atoms with Crippen molar-refractivity contribution in [1.82, 2.24) is 5.32 Å². The molecule has 0 aromatic rings. The Kier molecular flexibility index (Phi) is 26.3. The van der Waals surface area contributed by atoms with Crippen LogP contribution in [0.5, 0.6) is 0 Å². The Labute approximate surface area is 317 Å². The molecular weight excluding hydrogens is 695 g/mol. The first kappa shape index (κ1) is 48.5. The Morgan fingerprint density at radius 1 is 0.717 bits per heavy atom. The summed E-state index contributed by atoms with van der Waals surface area (Å²) >= 11 is 0. The van der Waals surface area contributed by atoms with Gasteiger partial charge in [0.1, 0.15) is 30.5 Å². The summed E-state index contributed by atoms with van der Waals surface area (Å²) in [4.78, 5) is 0. The van der Waals surface area contributed by atoms with Gasteiger partial charge in [0.25, 0.3) is 0 Å². The van der Waals surface area contributed by atoms with Gasteiger partial charge in [-0.05, 0) is 31.6 Å². The second kappa shape index (κ2) is 28.7. The number of hydrogen-bond donors (Lipinski definition) is 7. The van der Waals surface area contributed by atoms with E-state index in [1.165, 1.54) is 57.8 Å². The van der Waals surface area contributed by atoms with Crippen LogP contribution in [0.4, 0.5) is 13.2 Å². The SMILES string of the molecule is CCCCCCCCCCCCCC[C@@H](O)[C@@H](O)[C@H](COC1OC(CO)C(O)C(O)C1O)N[C@@H](CCCCCCCCCCC1CCOC1)C(F)(F)F. The Morgan fingerprint density at radius 2 is 1.25 bits per heavy atom. The molecule has 0 aromatic heterocycles. The normalized spacial score (nSPS) is 26.2. The predicted octanol–water partition coefficient (Wildman–Crippen LogP) is 6.44. The molecule has 13 heteroatoms. The zero-order chi connectivity index (χ0) is 38.9. The molecule has 2 aliphatic rings. The van der Waals surface area contributed by atoms with Crippen LogP contribution < -0.4 is 5.32 Å². The fourth-order valence-electron chi connectivity index (χ4n) is 7.54. The lowest BCUT2D eigenvalue weighted by molar-refractivity contribution is -0.303. The van der Waals surface area contributed by atoms with Crippen LogP contribution in [0.2, 0.25) is 0 Å². The fourth-order valence-corrected chi connectivity index (χ4v) is 7.54. The molecule has 316 valence electrons. The first-order valence-corrected chi connectivity index (χ1v) is 21.2. The topological polar surface area (TPSA) is 161 Å². The van der Waals surface area contributed by atoms with E-state index in [0.29, 0.717) is 25.2 Å². The van der Waals surface area contributed by atoms with E-state index in [1.54, 1.807) is 0 Å². The summed E-state index contributed by atoms with van der Waals surface area (Å²) in [5.74, 6) is 0.688. The van der Waals surface area contributed by atoms with Gasteiger partial charge in [-0.1, -0.05) is 135 Å². The summed E-state index contributed by atoms with van der Waals surface area (Å²) in [5, 5.41) is 64.7. The maximum atomic E-state index is 14.3. The minimum atomic E-state index is -4.63. The van der Waals surface area contributed by atoms with Crippen molar-refractivity contribution in [2.45, 2.75) is 222 Å². The van der Waals surface area contributed by atoms with Crippen molar-refractivity contribution in [3.05, 3.63) is 0 Å². The fraction of sp³-hybridized carbons (Fsp3) is 1.00. The van der Waals surface area contributed by atoms with E-state index in [-0.39, 0.29) is 12.8 Å². The third-order valence-corrected chi connectivity index (χ3v) is 11.1. The van der Waals surface area contributed by atoms with Crippen molar-refractivity contribution in [3.8, 4) is 0 Å². The Bertz CT molecular complexity index is 868. The molecule has 2 fully saturated rings. The van der Waals surface area contributed by atoms with E-state index in [4.69, 9.17) is 14.2 Å². The lowest BCUT2D eigenvalue weighted by Gasteiger charge is -2.40. The smallest absolute Gasteiger partial charge is 0.394 e. The molecule has 2 aliphatic heterocycles. The van der Waals surface area contributed by atoms with Crippen LogP contribution >= 0.6 is 0 Å². The van der Waals surface area contributed by atoms with E-state index < -0.39 is 74.4 Å². The van der Waals surface area contributed by atoms with Crippen LogP contribution in [0.25, 0.3) is 0 Å². The number of halogens is 3. The largest absolute Gasteiger partial charge is 0.403 e. The molecule has 2 rings (SSSR count). The maximum absolute atomic E-state index is 14.3. The second-order valence-corrected chi connectivity index (χ2v) is 15.8. The van der Waals surface area contributed by atoms with Gasteiger partial charge in [0.2, 0.25) is 0 Å². The van der Waals surface area contributed by atoms with E-state index in [1.807, 2.05) is 0 Å². The van der Waals surface area contributed by atoms with Crippen LogP contribution in [0.15, 0.2) is 0 Å². The van der Waals surface area contributed by atoms with Gasteiger partial charge in [0, 0.05) is 13.2 Å². The number of nitrogens with one attached hydrogen (secondary N) is 1. The molecule has 53 heavy (non-hydrogen) atoms. The number of rotatable bonds is 32. The van der Waals surface area contributed by atoms with E-state index in [0.717, 1.165) is 77.4 Å². The molecule has 2 heterocycles. The lowest BCUT2D eigenvalue weighted by Crippen LogP contribution is -2.61. The van der Waals surface area contributed by atoms with Crippen molar-refractivity contribution < 1.29 is 58.0 Å². The highest BCUT2D eigenvalue weighted by Gasteiger charge is 2.46. The molecular formula is C40H76F3NO9. The molecule has 7 N–H and O–H groups in total. The van der Waals surface area contributed by atoms with Crippen molar-refractivity contribution in [2.24, 2.45) is 5.92 Å². The summed E-state index contributed by atoms with van der Waals surface area (Å²) < 4.78 is 59.3. The first-order valence-electron chi connectivity index (χ1n) is 21.2. The maximum Gasteiger partial charge on any atom is 0.403 e. The number of alkyl halides is 3. The average molecular weight is 772 g/mol. The molecule has 10 atom stereocenters. The summed E-state index contributed by atoms with van der Waals surface area (Å²) in [6.45, 7) is 2.66. The predicted molar refractivity (Wildman–Crippen MR) is 199 cm³/mol. The molecule has 0 bridgehead atoms. The molecule has 0 amide bonds. The quantitative estimate of drug-likeness (QED) is 0.0379. The molecule has 0 spiro atoms. The Morgan fingerprint density at radius 3 is 1.75 bits per heavy atom. The van der Waals surface area contributed by atoms with Crippen LogP contribution in [0, 0.1) is 5.92 Å².